The molecule has 12 heteroatoms. The van der Waals surface area contributed by atoms with Gasteiger partial charge in [-0.2, -0.15) is 0 Å². The Morgan fingerprint density at radius 3 is 2.56 bits per heavy atom. The van der Waals surface area contributed by atoms with Gasteiger partial charge in [-0.3, -0.25) is 10.2 Å². The fourth-order valence-corrected chi connectivity index (χ4v) is 5.64. The van der Waals surface area contributed by atoms with Crippen molar-refractivity contribution in [3.8, 4) is 5.75 Å². The van der Waals surface area contributed by atoms with Crippen LogP contribution >= 0.6 is 0 Å². The van der Waals surface area contributed by atoms with Gasteiger partial charge in [0.2, 0.25) is 16.9 Å². The number of nitrogens with one attached hydrogen (secondary N) is 3. The van der Waals surface area contributed by atoms with Gasteiger partial charge in [0.1, 0.15) is 27.9 Å². The molecule has 2 heterocycles. The third-order valence-electron chi connectivity index (χ3n) is 6.78. The average molecular weight is 498 g/mol. The van der Waals surface area contributed by atoms with Crippen LogP contribution in [0.3, 0.4) is 0 Å². The van der Waals surface area contributed by atoms with Crippen LogP contribution in [0.5, 0.6) is 5.75 Å². The second kappa shape index (κ2) is 8.73. The molecule has 2 atom stereocenters. The van der Waals surface area contributed by atoms with Crippen molar-refractivity contribution in [2.75, 3.05) is 20.5 Å². The lowest BCUT2D eigenvalue weighted by atomic mass is 9.66. The minimum atomic E-state index is -3.88. The van der Waals surface area contributed by atoms with E-state index in [4.69, 9.17) is 5.41 Å². The number of amides is 1. The number of ether oxygens (including phenoxy) is 1. The Kier molecular flexibility index (Phi) is 6.61. The molecule has 1 aliphatic carbocycles. The molecule has 0 aromatic carbocycles. The number of nitrogens with zero attached hydrogens (tertiary/aromatic N) is 2. The summed E-state index contributed by atoms with van der Waals surface area (Å²) >= 11 is 0. The third-order valence-corrected chi connectivity index (χ3v) is 9.22. The Morgan fingerprint density at radius 2 is 1.97 bits per heavy atom. The van der Waals surface area contributed by atoms with Gasteiger partial charge in [-0.1, -0.05) is 6.92 Å². The van der Waals surface area contributed by atoms with Gasteiger partial charge in [0, 0.05) is 31.1 Å². The lowest BCUT2D eigenvalue weighted by Gasteiger charge is -2.48. The van der Waals surface area contributed by atoms with Crippen LogP contribution < -0.4 is 15.4 Å². The van der Waals surface area contributed by atoms with Crippen LogP contribution in [0, 0.1) is 10.8 Å². The van der Waals surface area contributed by atoms with E-state index >= 15 is 4.39 Å². The third kappa shape index (κ3) is 4.20. The number of sulfonamides is 1. The summed E-state index contributed by atoms with van der Waals surface area (Å²) in [7, 11) is -2.47. The van der Waals surface area contributed by atoms with Gasteiger partial charge < -0.3 is 15.4 Å². The molecule has 34 heavy (non-hydrogen) atoms. The number of pyridine rings is 1. The molecule has 0 radical (unpaired) electrons. The molecule has 0 bridgehead atoms. The van der Waals surface area contributed by atoms with E-state index in [1.165, 1.54) is 51.4 Å². The van der Waals surface area contributed by atoms with E-state index in [1.807, 2.05) is 0 Å². The number of halogens is 2. The predicted octanol–water partition coefficient (Wildman–Crippen LogP) is 2.64. The van der Waals surface area contributed by atoms with Crippen molar-refractivity contribution in [3.63, 3.8) is 0 Å². The molecule has 1 aromatic rings. The molecular weight excluding hydrogens is 468 g/mol. The maximum atomic E-state index is 15.4. The molecule has 1 fully saturated rings. The highest BCUT2D eigenvalue weighted by atomic mass is 32.2. The fraction of sp³-hybridized carbons (Fsp3) is 0.500. The largest absolute Gasteiger partial charge is 0.461 e. The zero-order valence-electron chi connectivity index (χ0n) is 19.7. The number of hydrogen-bond donors (Lipinski definition) is 3. The number of carbonyl (C=O) groups is 1. The van der Waals surface area contributed by atoms with Crippen molar-refractivity contribution in [2.24, 2.45) is 5.41 Å². The Bertz CT molecular complexity index is 1170. The highest BCUT2D eigenvalue weighted by Gasteiger charge is 2.56. The van der Waals surface area contributed by atoms with E-state index in [2.05, 4.69) is 20.4 Å². The number of allylic oxidation sites excluding steroid dienone is 3. The first-order chi connectivity index (χ1) is 15.7. The summed E-state index contributed by atoms with van der Waals surface area (Å²) in [6.45, 7) is 5.03. The molecule has 1 amide bonds. The van der Waals surface area contributed by atoms with Crippen LogP contribution in [-0.4, -0.2) is 60.2 Å². The number of hydrogen-bond acceptors (Lipinski definition) is 6. The smallest absolute Gasteiger partial charge is 0.274 e. The molecule has 1 saturated heterocycles. The lowest BCUT2D eigenvalue weighted by molar-refractivity contribution is 0.0939. The SMILES string of the molecule is CN1C[C@@](C)(C2(C)CC(NC(=O)c3ccc(OCF)cn3)=CC=C2F)NC(=N)C(C)(C)S1(=O)=O. The average Bonchev–Trinajstić information content (AvgIpc) is 2.80. The highest BCUT2D eigenvalue weighted by Crippen LogP contribution is 2.48. The van der Waals surface area contributed by atoms with Gasteiger partial charge in [-0.15, -0.1) is 0 Å². The zero-order valence-corrected chi connectivity index (χ0v) is 20.5. The molecule has 2 aliphatic rings. The first-order valence-electron chi connectivity index (χ1n) is 10.5. The lowest BCUT2D eigenvalue weighted by Crippen LogP contribution is -2.62. The first kappa shape index (κ1) is 25.8. The Morgan fingerprint density at radius 1 is 1.29 bits per heavy atom. The van der Waals surface area contributed by atoms with Crippen molar-refractivity contribution in [3.05, 3.63) is 47.7 Å². The molecule has 0 spiro atoms. The maximum Gasteiger partial charge on any atom is 0.274 e. The first-order valence-corrected chi connectivity index (χ1v) is 12.0. The van der Waals surface area contributed by atoms with Crippen molar-refractivity contribution in [1.82, 2.24) is 19.9 Å². The number of alkyl halides is 1. The number of aromatic nitrogens is 1. The number of carbonyl (C=O) groups excluding carboxylic acids is 1. The van der Waals surface area contributed by atoms with Crippen LogP contribution in [0.1, 0.15) is 44.6 Å². The van der Waals surface area contributed by atoms with Gasteiger partial charge in [0.15, 0.2) is 0 Å². The summed E-state index contributed by atoms with van der Waals surface area (Å²) < 4.78 is 57.9. The van der Waals surface area contributed by atoms with Crippen LogP contribution in [0.25, 0.3) is 0 Å². The van der Waals surface area contributed by atoms with Gasteiger partial charge in [0.05, 0.1) is 11.7 Å². The Hall–Kier alpha value is -2.86. The van der Waals surface area contributed by atoms with E-state index in [0.29, 0.717) is 5.70 Å². The molecule has 3 rings (SSSR count). The molecule has 1 aromatic heterocycles. The van der Waals surface area contributed by atoms with E-state index in [-0.39, 0.29) is 30.2 Å². The second-order valence-electron chi connectivity index (χ2n) is 9.41. The van der Waals surface area contributed by atoms with Crippen molar-refractivity contribution >= 4 is 21.8 Å². The topological polar surface area (TPSA) is 124 Å². The summed E-state index contributed by atoms with van der Waals surface area (Å²) in [4.78, 5) is 16.6. The van der Waals surface area contributed by atoms with Crippen molar-refractivity contribution in [2.45, 2.75) is 44.4 Å². The van der Waals surface area contributed by atoms with Crippen molar-refractivity contribution in [1.29, 1.82) is 5.41 Å². The summed E-state index contributed by atoms with van der Waals surface area (Å²) in [5.41, 5.74) is -2.07. The Labute approximate surface area is 197 Å². The molecule has 1 aliphatic heterocycles. The molecule has 0 saturated carbocycles. The summed E-state index contributed by atoms with van der Waals surface area (Å²) in [6.07, 6.45) is 3.90. The molecule has 1 unspecified atom stereocenters. The van der Waals surface area contributed by atoms with Gasteiger partial charge in [0.25, 0.3) is 5.91 Å². The summed E-state index contributed by atoms with van der Waals surface area (Å²) in [5, 5.41) is 14.1. The van der Waals surface area contributed by atoms with E-state index in [1.54, 1.807) is 13.8 Å². The summed E-state index contributed by atoms with van der Waals surface area (Å²) in [5.74, 6) is -1.13. The molecular formula is C22H29F2N5O4S. The minimum absolute atomic E-state index is 0.0230. The van der Waals surface area contributed by atoms with Crippen LogP contribution in [0.15, 0.2) is 42.0 Å². The quantitative estimate of drug-likeness (QED) is 0.575. The predicted molar refractivity (Wildman–Crippen MR) is 123 cm³/mol. The van der Waals surface area contributed by atoms with Crippen LogP contribution in [0.4, 0.5) is 8.78 Å². The second-order valence-corrected chi connectivity index (χ2v) is 12.0. The number of likely N-dealkylation sites (N-methyl/N-ethyl adjacent to an activating group) is 1. The van der Waals surface area contributed by atoms with Gasteiger partial charge in [-0.05, 0) is 45.1 Å². The standard InChI is InChI=1S/C22H29F2N5O4S/c1-20(2)19(25)28-22(4,12-29(5)34(20,31)32)21(3)10-14(6-9-17(21)24)27-18(30)16-8-7-15(11-26-16)33-13-23/h6-9,11H,10,12-13H2,1-5H3,(H2,25,28)(H,27,30)/t21?,22-/m0/s1. The van der Waals surface area contributed by atoms with Crippen LogP contribution in [-0.2, 0) is 10.0 Å². The van der Waals surface area contributed by atoms with E-state index < -0.39 is 44.3 Å². The fourth-order valence-electron chi connectivity index (χ4n) is 4.13. The molecule has 9 nitrogen and oxygen atoms in total. The normalized spacial score (nSPS) is 28.7. The van der Waals surface area contributed by atoms with Crippen LogP contribution in [0.2, 0.25) is 0 Å². The van der Waals surface area contributed by atoms with Gasteiger partial charge >= 0.3 is 0 Å². The number of rotatable bonds is 5. The monoisotopic (exact) mass is 497 g/mol. The molecule has 186 valence electrons. The van der Waals surface area contributed by atoms with E-state index in [9.17, 15) is 17.6 Å². The minimum Gasteiger partial charge on any atom is -0.461 e. The van der Waals surface area contributed by atoms with Crippen molar-refractivity contribution < 1.29 is 26.7 Å². The van der Waals surface area contributed by atoms with E-state index in [0.717, 1.165) is 4.31 Å². The maximum absolute atomic E-state index is 15.4. The highest BCUT2D eigenvalue weighted by molar-refractivity contribution is 7.91. The molecule has 3 N–H and O–H groups in total. The summed E-state index contributed by atoms with van der Waals surface area (Å²) in [6, 6.07) is 2.78. The Balaban J connectivity index is 1.87. The zero-order chi connectivity index (χ0) is 25.5. The van der Waals surface area contributed by atoms with Gasteiger partial charge in [-0.25, -0.2) is 26.5 Å². The number of amidine groups is 1.